The van der Waals surface area contributed by atoms with Gasteiger partial charge in [-0.1, -0.05) is 326 Å². The molecule has 466 valence electrons. The maximum absolute atomic E-state index is 13.0. The van der Waals surface area contributed by atoms with Gasteiger partial charge >= 0.3 is 0 Å². The second-order valence-electron chi connectivity index (χ2n) is 24.9. The zero-order valence-electron chi connectivity index (χ0n) is 53.3. The molecule has 0 heterocycles. The highest BCUT2D eigenvalue weighted by molar-refractivity contribution is 7.45. The second kappa shape index (κ2) is 61.0. The molecule has 0 aliphatic heterocycles. The molecule has 0 aromatic heterocycles. The maximum atomic E-state index is 13.0. The summed E-state index contributed by atoms with van der Waals surface area (Å²) in [5, 5.41) is 13.9. The van der Waals surface area contributed by atoms with Crippen LogP contribution in [0.25, 0.3) is 0 Å². The van der Waals surface area contributed by atoms with E-state index in [1.54, 1.807) is 6.08 Å². The molecule has 9 heteroatoms. The molecule has 1 amide bonds. The Hall–Kier alpha value is -1.54. The number of carbonyl (C=O) groups excluding carboxylic acids is 1. The van der Waals surface area contributed by atoms with E-state index >= 15 is 0 Å². The Morgan fingerprint density at radius 3 is 1.06 bits per heavy atom. The van der Waals surface area contributed by atoms with E-state index in [2.05, 4.69) is 55.6 Å². The molecular weight excluding hydrogens is 996 g/mol. The molecule has 0 bridgehead atoms. The highest BCUT2D eigenvalue weighted by atomic mass is 31.2. The van der Waals surface area contributed by atoms with Crippen LogP contribution >= 0.6 is 7.82 Å². The fraction of sp³-hybridized carbons (Fsp3) is 0.871. The van der Waals surface area contributed by atoms with Gasteiger partial charge in [0.1, 0.15) is 13.2 Å². The van der Waals surface area contributed by atoms with Gasteiger partial charge in [0, 0.05) is 6.42 Å². The van der Waals surface area contributed by atoms with Crippen LogP contribution in [-0.4, -0.2) is 68.5 Å². The van der Waals surface area contributed by atoms with Gasteiger partial charge in [-0.2, -0.15) is 0 Å². The van der Waals surface area contributed by atoms with Crippen molar-refractivity contribution in [2.24, 2.45) is 0 Å². The molecule has 0 spiro atoms. The Balaban J connectivity index is 3.88. The third-order valence-electron chi connectivity index (χ3n) is 15.8. The highest BCUT2D eigenvalue weighted by Crippen LogP contribution is 2.38. The van der Waals surface area contributed by atoms with Crippen LogP contribution in [0.1, 0.15) is 341 Å². The van der Waals surface area contributed by atoms with Crippen molar-refractivity contribution in [3.8, 4) is 0 Å². The van der Waals surface area contributed by atoms with E-state index in [9.17, 15) is 19.4 Å². The summed E-state index contributed by atoms with van der Waals surface area (Å²) in [5.41, 5.74) is 0. The number of allylic oxidation sites excluding steroid dienone is 7. The first-order valence-corrected chi connectivity index (χ1v) is 36.0. The lowest BCUT2D eigenvalue weighted by Gasteiger charge is -2.29. The van der Waals surface area contributed by atoms with Crippen LogP contribution in [0.5, 0.6) is 0 Å². The van der Waals surface area contributed by atoms with Crippen molar-refractivity contribution in [1.29, 1.82) is 0 Å². The van der Waals surface area contributed by atoms with Crippen LogP contribution in [0.15, 0.2) is 48.6 Å². The number of hydrogen-bond donors (Lipinski definition) is 2. The van der Waals surface area contributed by atoms with Crippen LogP contribution in [0.4, 0.5) is 0 Å². The second-order valence-corrected chi connectivity index (χ2v) is 26.3. The summed E-state index contributed by atoms with van der Waals surface area (Å²) in [6, 6.07) is -0.885. The predicted molar refractivity (Wildman–Crippen MR) is 344 cm³/mol. The number of likely N-dealkylation sites (N-methyl/N-ethyl adjacent to an activating group) is 1. The largest absolute Gasteiger partial charge is 0.756 e. The number of unbranched alkanes of at least 4 members (excludes halogenated alkanes) is 45. The Morgan fingerprint density at radius 2 is 0.734 bits per heavy atom. The predicted octanol–water partition coefficient (Wildman–Crippen LogP) is 21.2. The van der Waals surface area contributed by atoms with Crippen molar-refractivity contribution >= 4 is 13.7 Å². The van der Waals surface area contributed by atoms with Gasteiger partial charge < -0.3 is 28.8 Å². The van der Waals surface area contributed by atoms with Gasteiger partial charge in [-0.25, -0.2) is 0 Å². The number of nitrogens with zero attached hydrogens (tertiary/aromatic N) is 1. The summed E-state index contributed by atoms with van der Waals surface area (Å²) in [6.07, 6.45) is 82.4. The van der Waals surface area contributed by atoms with E-state index in [-0.39, 0.29) is 19.1 Å². The zero-order valence-corrected chi connectivity index (χ0v) is 54.2. The van der Waals surface area contributed by atoms with E-state index < -0.39 is 20.0 Å². The van der Waals surface area contributed by atoms with E-state index in [0.29, 0.717) is 17.4 Å². The Morgan fingerprint density at radius 1 is 0.443 bits per heavy atom. The number of quaternary nitrogens is 1. The first-order chi connectivity index (χ1) is 38.5. The third-order valence-corrected chi connectivity index (χ3v) is 16.7. The molecular formula is C70H135N2O6P. The quantitative estimate of drug-likeness (QED) is 0.0272. The van der Waals surface area contributed by atoms with E-state index in [1.165, 1.54) is 270 Å². The number of phosphoric ester groups is 1. The molecule has 0 rings (SSSR count). The lowest BCUT2D eigenvalue weighted by atomic mass is 10.0. The molecule has 0 saturated heterocycles. The van der Waals surface area contributed by atoms with Gasteiger partial charge in [0.15, 0.2) is 0 Å². The smallest absolute Gasteiger partial charge is 0.268 e. The van der Waals surface area contributed by atoms with Crippen molar-refractivity contribution in [2.45, 2.75) is 353 Å². The maximum Gasteiger partial charge on any atom is 0.268 e. The normalized spacial score (nSPS) is 14.0. The van der Waals surface area contributed by atoms with Crippen LogP contribution < -0.4 is 10.2 Å². The molecule has 3 unspecified atom stereocenters. The topological polar surface area (TPSA) is 108 Å². The lowest BCUT2D eigenvalue weighted by Crippen LogP contribution is -2.45. The van der Waals surface area contributed by atoms with Crippen LogP contribution in [0.2, 0.25) is 0 Å². The number of hydrogen-bond acceptors (Lipinski definition) is 6. The van der Waals surface area contributed by atoms with Gasteiger partial charge in [-0.05, 0) is 57.8 Å². The molecule has 0 radical (unpaired) electrons. The number of aliphatic hydroxyl groups excluding tert-OH is 1. The molecule has 0 saturated carbocycles. The Bertz CT molecular complexity index is 1430. The average molecular weight is 1130 g/mol. The molecule has 0 aromatic carbocycles. The van der Waals surface area contributed by atoms with E-state index in [4.69, 9.17) is 9.05 Å². The number of nitrogens with one attached hydrogen (secondary N) is 1. The molecule has 0 aromatic rings. The minimum absolute atomic E-state index is 0.000888. The molecule has 0 aliphatic carbocycles. The SMILES string of the molecule is CCCCCCC/C=C\C/C=C\C/C=C\CCCCCCCCCCCCCCCCCCCCCCCCCCCCC(=O)NC(COP(=O)([O-])OCC[N+](C)(C)C)C(O)/C=C/CCCCCCCCCCCCCCCC. The van der Waals surface area contributed by atoms with Crippen molar-refractivity contribution in [3.63, 3.8) is 0 Å². The van der Waals surface area contributed by atoms with Gasteiger partial charge in [0.25, 0.3) is 7.82 Å². The van der Waals surface area contributed by atoms with Crippen LogP contribution in [0, 0.1) is 0 Å². The molecule has 2 N–H and O–H groups in total. The summed E-state index contributed by atoms with van der Waals surface area (Å²) in [5.74, 6) is -0.191. The average Bonchev–Trinajstić information content (AvgIpc) is 3.42. The van der Waals surface area contributed by atoms with Crippen LogP contribution in [-0.2, 0) is 18.4 Å². The van der Waals surface area contributed by atoms with E-state index in [0.717, 1.165) is 51.4 Å². The number of carbonyl (C=O) groups is 1. The molecule has 0 aliphatic rings. The number of rotatable bonds is 64. The fourth-order valence-corrected chi connectivity index (χ4v) is 11.1. The van der Waals surface area contributed by atoms with Gasteiger partial charge in [0.05, 0.1) is 39.9 Å². The highest BCUT2D eigenvalue weighted by Gasteiger charge is 2.23. The molecule has 3 atom stereocenters. The first-order valence-electron chi connectivity index (χ1n) is 34.5. The lowest BCUT2D eigenvalue weighted by molar-refractivity contribution is -0.870. The minimum Gasteiger partial charge on any atom is -0.756 e. The fourth-order valence-electron chi connectivity index (χ4n) is 10.4. The Kier molecular flexibility index (Phi) is 59.8. The number of phosphoric acid groups is 1. The summed E-state index contributed by atoms with van der Waals surface area (Å²) in [4.78, 5) is 25.6. The Labute approximate surface area is 492 Å². The van der Waals surface area contributed by atoms with Crippen molar-refractivity contribution in [3.05, 3.63) is 48.6 Å². The van der Waals surface area contributed by atoms with Crippen molar-refractivity contribution in [2.75, 3.05) is 40.9 Å². The summed E-state index contributed by atoms with van der Waals surface area (Å²) >= 11 is 0. The van der Waals surface area contributed by atoms with Gasteiger partial charge in [-0.3, -0.25) is 9.36 Å². The molecule has 0 fully saturated rings. The standard InChI is InChI=1S/C70H135N2O6P/c1-6-8-10-12-14-16-18-20-22-24-25-26-27-28-29-30-31-32-33-34-35-36-37-38-39-40-41-42-43-44-45-46-47-48-50-52-54-56-58-60-62-64-70(74)71-68(67-78-79(75,76)77-66-65-72(3,4)5)69(73)63-61-59-57-55-53-51-49-23-21-19-17-15-13-11-9-7-2/h18,20,24-25,27-28,61,63,68-69,73H,6-17,19,21-23,26,29-60,62,64-67H2,1-5H3,(H-,71,74,75,76)/b20-18-,25-24-,28-27-,63-61+. The van der Waals surface area contributed by atoms with Gasteiger partial charge in [-0.15, -0.1) is 0 Å². The minimum atomic E-state index is -4.60. The molecule has 8 nitrogen and oxygen atoms in total. The van der Waals surface area contributed by atoms with E-state index in [1.807, 2.05) is 27.2 Å². The third kappa shape index (κ3) is 63.9. The summed E-state index contributed by atoms with van der Waals surface area (Å²) < 4.78 is 23.4. The first kappa shape index (κ1) is 77.5. The monoisotopic (exact) mass is 1130 g/mol. The van der Waals surface area contributed by atoms with Crippen molar-refractivity contribution in [1.82, 2.24) is 5.32 Å². The number of aliphatic hydroxyl groups is 1. The number of amides is 1. The van der Waals surface area contributed by atoms with Gasteiger partial charge in [0.2, 0.25) is 5.91 Å². The van der Waals surface area contributed by atoms with Crippen LogP contribution in [0.3, 0.4) is 0 Å². The zero-order chi connectivity index (χ0) is 57.7. The summed E-state index contributed by atoms with van der Waals surface area (Å²) in [6.45, 7) is 4.67. The molecule has 79 heavy (non-hydrogen) atoms. The summed E-state index contributed by atoms with van der Waals surface area (Å²) in [7, 11) is 1.28. The van der Waals surface area contributed by atoms with Crippen molar-refractivity contribution < 1.29 is 32.9 Å².